The number of imidazole rings is 1. The molecule has 3 heterocycles. The van der Waals surface area contributed by atoms with E-state index in [9.17, 15) is 0 Å². The molecule has 3 aromatic rings. The fraction of sp³-hybridized carbons (Fsp3) is 0.375. The van der Waals surface area contributed by atoms with Gasteiger partial charge in [-0.3, -0.25) is 4.98 Å². The normalized spacial score (nSPS) is 14.6. The minimum atomic E-state index is 0.469. The largest absolute Gasteiger partial charge is 0.382 e. The fourth-order valence-corrected chi connectivity index (χ4v) is 2.66. The minimum Gasteiger partial charge on any atom is -0.382 e. The molecule has 2 N–H and O–H groups in total. The monoisotopic (exact) mass is 294 g/mol. The van der Waals surface area contributed by atoms with Gasteiger partial charge >= 0.3 is 0 Å². The van der Waals surface area contributed by atoms with Crippen molar-refractivity contribution >= 4 is 17.0 Å². The van der Waals surface area contributed by atoms with E-state index in [4.69, 9.17) is 5.73 Å². The van der Waals surface area contributed by atoms with E-state index in [1.807, 2.05) is 16.8 Å². The number of fused-ring (bicyclic) bond motifs is 1. The van der Waals surface area contributed by atoms with E-state index in [1.54, 1.807) is 6.33 Å². The van der Waals surface area contributed by atoms with Gasteiger partial charge in [-0.25, -0.2) is 15.0 Å². The van der Waals surface area contributed by atoms with Gasteiger partial charge in [0.25, 0.3) is 0 Å². The molecule has 0 saturated heterocycles. The Labute approximate surface area is 128 Å². The van der Waals surface area contributed by atoms with Gasteiger partial charge in [-0.05, 0) is 43.4 Å². The third-order valence-electron chi connectivity index (χ3n) is 4.01. The summed E-state index contributed by atoms with van der Waals surface area (Å²) < 4.78 is 1.99. The van der Waals surface area contributed by atoms with Gasteiger partial charge in [0, 0.05) is 12.6 Å². The summed E-state index contributed by atoms with van der Waals surface area (Å²) in [6.07, 6.45) is 7.04. The van der Waals surface area contributed by atoms with E-state index in [-0.39, 0.29) is 0 Å². The summed E-state index contributed by atoms with van der Waals surface area (Å²) in [5.41, 5.74) is 9.69. The number of nitrogens with zero attached hydrogens (tertiary/aromatic N) is 5. The van der Waals surface area contributed by atoms with Gasteiger partial charge in [-0.15, -0.1) is 0 Å². The Hall–Kier alpha value is -2.50. The molecule has 112 valence electrons. The van der Waals surface area contributed by atoms with E-state index in [0.29, 0.717) is 17.9 Å². The Morgan fingerprint density at radius 1 is 1.27 bits per heavy atom. The van der Waals surface area contributed by atoms with Gasteiger partial charge in [-0.1, -0.05) is 0 Å². The molecule has 4 rings (SSSR count). The number of nitrogen functional groups attached to an aromatic ring is 1. The van der Waals surface area contributed by atoms with Crippen molar-refractivity contribution in [2.75, 3.05) is 5.73 Å². The first kappa shape index (κ1) is 13.2. The standard InChI is InChI=1S/C16H18N6/c1-10-4-5-18-12(6-10)8-22-9-19-14-15(17)20-13(21-16(14)22)7-11-2-3-11/h4-6,9,11H,2-3,7-8H2,1H3,(H2,17,20,21). The summed E-state index contributed by atoms with van der Waals surface area (Å²) >= 11 is 0. The Balaban J connectivity index is 1.72. The summed E-state index contributed by atoms with van der Waals surface area (Å²) in [4.78, 5) is 17.8. The number of pyridine rings is 1. The maximum absolute atomic E-state index is 6.04. The molecule has 0 spiro atoms. The zero-order valence-corrected chi connectivity index (χ0v) is 12.5. The van der Waals surface area contributed by atoms with Gasteiger partial charge < -0.3 is 10.3 Å². The number of aromatic nitrogens is 5. The first-order chi connectivity index (χ1) is 10.7. The smallest absolute Gasteiger partial charge is 0.166 e. The van der Waals surface area contributed by atoms with Crippen molar-refractivity contribution in [3.63, 3.8) is 0 Å². The number of aryl methyl sites for hydroxylation is 1. The second-order valence-electron chi connectivity index (χ2n) is 6.04. The van der Waals surface area contributed by atoms with Crippen LogP contribution in [-0.2, 0) is 13.0 Å². The Bertz CT molecular complexity index is 834. The molecule has 6 heteroatoms. The topological polar surface area (TPSA) is 82.5 Å². The number of hydrogen-bond acceptors (Lipinski definition) is 5. The molecule has 0 aromatic carbocycles. The SMILES string of the molecule is Cc1ccnc(Cn2cnc3c(N)nc(CC4CC4)nc32)c1. The van der Waals surface area contributed by atoms with Crippen LogP contribution in [0.15, 0.2) is 24.7 Å². The molecule has 0 atom stereocenters. The second-order valence-corrected chi connectivity index (χ2v) is 6.04. The zero-order chi connectivity index (χ0) is 15.1. The van der Waals surface area contributed by atoms with E-state index in [2.05, 4.69) is 32.9 Å². The van der Waals surface area contributed by atoms with E-state index >= 15 is 0 Å². The predicted molar refractivity (Wildman–Crippen MR) is 84.2 cm³/mol. The van der Waals surface area contributed by atoms with Crippen LogP contribution in [0.1, 0.15) is 29.9 Å². The van der Waals surface area contributed by atoms with Gasteiger partial charge in [0.05, 0.1) is 18.6 Å². The van der Waals surface area contributed by atoms with Crippen molar-refractivity contribution in [1.82, 2.24) is 24.5 Å². The van der Waals surface area contributed by atoms with Gasteiger partial charge in [0.1, 0.15) is 11.3 Å². The first-order valence-corrected chi connectivity index (χ1v) is 7.58. The summed E-state index contributed by atoms with van der Waals surface area (Å²) in [6, 6.07) is 4.06. The van der Waals surface area contributed by atoms with Crippen molar-refractivity contribution < 1.29 is 0 Å². The average Bonchev–Trinajstić information content (AvgIpc) is 3.20. The van der Waals surface area contributed by atoms with Crippen LogP contribution in [0.3, 0.4) is 0 Å². The molecule has 1 aliphatic carbocycles. The van der Waals surface area contributed by atoms with Crippen molar-refractivity contribution in [1.29, 1.82) is 0 Å². The molecular weight excluding hydrogens is 276 g/mol. The number of hydrogen-bond donors (Lipinski definition) is 1. The maximum atomic E-state index is 6.04. The van der Waals surface area contributed by atoms with Crippen LogP contribution in [0.5, 0.6) is 0 Å². The van der Waals surface area contributed by atoms with Crippen molar-refractivity contribution in [3.8, 4) is 0 Å². The zero-order valence-electron chi connectivity index (χ0n) is 12.5. The lowest BCUT2D eigenvalue weighted by Crippen LogP contribution is -2.06. The fourth-order valence-electron chi connectivity index (χ4n) is 2.66. The lowest BCUT2D eigenvalue weighted by Gasteiger charge is -2.06. The van der Waals surface area contributed by atoms with Gasteiger partial charge in [-0.2, -0.15) is 0 Å². The molecule has 1 saturated carbocycles. The third-order valence-corrected chi connectivity index (χ3v) is 4.01. The van der Waals surface area contributed by atoms with Crippen LogP contribution in [0.25, 0.3) is 11.2 Å². The molecule has 6 nitrogen and oxygen atoms in total. The molecule has 0 bridgehead atoms. The molecule has 0 radical (unpaired) electrons. The van der Waals surface area contributed by atoms with Crippen LogP contribution < -0.4 is 5.73 Å². The van der Waals surface area contributed by atoms with E-state index in [1.165, 1.54) is 18.4 Å². The lowest BCUT2D eigenvalue weighted by atomic mass is 10.2. The highest BCUT2D eigenvalue weighted by molar-refractivity contribution is 5.81. The van der Waals surface area contributed by atoms with Crippen LogP contribution in [-0.4, -0.2) is 24.5 Å². The third kappa shape index (κ3) is 2.52. The number of nitrogens with two attached hydrogens (primary N) is 1. The highest BCUT2D eigenvalue weighted by atomic mass is 15.1. The van der Waals surface area contributed by atoms with Crippen LogP contribution in [0.2, 0.25) is 0 Å². The van der Waals surface area contributed by atoms with Gasteiger partial charge in [0.15, 0.2) is 11.5 Å². The molecular formula is C16H18N6. The molecule has 0 amide bonds. The number of anilines is 1. The predicted octanol–water partition coefficient (Wildman–Crippen LogP) is 2.11. The number of rotatable bonds is 4. The minimum absolute atomic E-state index is 0.469. The Kier molecular flexibility index (Phi) is 3.03. The summed E-state index contributed by atoms with van der Waals surface area (Å²) in [5, 5.41) is 0. The van der Waals surface area contributed by atoms with Crippen molar-refractivity contribution in [2.24, 2.45) is 5.92 Å². The van der Waals surface area contributed by atoms with Crippen molar-refractivity contribution in [3.05, 3.63) is 41.7 Å². The quantitative estimate of drug-likeness (QED) is 0.797. The first-order valence-electron chi connectivity index (χ1n) is 7.58. The summed E-state index contributed by atoms with van der Waals surface area (Å²) in [7, 11) is 0. The van der Waals surface area contributed by atoms with Crippen LogP contribution >= 0.6 is 0 Å². The Morgan fingerprint density at radius 2 is 2.14 bits per heavy atom. The summed E-state index contributed by atoms with van der Waals surface area (Å²) in [6.45, 7) is 2.70. The van der Waals surface area contributed by atoms with Crippen LogP contribution in [0, 0.1) is 12.8 Å². The Morgan fingerprint density at radius 3 is 2.91 bits per heavy atom. The average molecular weight is 294 g/mol. The lowest BCUT2D eigenvalue weighted by molar-refractivity contribution is 0.755. The second kappa shape index (κ2) is 5.05. The van der Waals surface area contributed by atoms with Crippen LogP contribution in [0.4, 0.5) is 5.82 Å². The molecule has 0 unspecified atom stereocenters. The van der Waals surface area contributed by atoms with Gasteiger partial charge in [0.2, 0.25) is 0 Å². The molecule has 1 aliphatic rings. The van der Waals surface area contributed by atoms with Crippen molar-refractivity contribution in [2.45, 2.75) is 32.7 Å². The molecule has 22 heavy (non-hydrogen) atoms. The molecule has 1 fully saturated rings. The molecule has 3 aromatic heterocycles. The van der Waals surface area contributed by atoms with E-state index in [0.717, 1.165) is 29.5 Å². The summed E-state index contributed by atoms with van der Waals surface area (Å²) in [5.74, 6) is 2.02. The highest BCUT2D eigenvalue weighted by Gasteiger charge is 2.24. The maximum Gasteiger partial charge on any atom is 0.166 e. The van der Waals surface area contributed by atoms with E-state index < -0.39 is 0 Å². The molecule has 0 aliphatic heterocycles. The highest BCUT2D eigenvalue weighted by Crippen LogP contribution is 2.32.